The van der Waals surface area contributed by atoms with E-state index in [0.717, 1.165) is 5.56 Å². The van der Waals surface area contributed by atoms with Crippen LogP contribution in [-0.2, 0) is 16.1 Å². The molecule has 7 heteroatoms. The van der Waals surface area contributed by atoms with Crippen molar-refractivity contribution in [2.24, 2.45) is 16.9 Å². The molecule has 5 N–H and O–H groups in total. The minimum Gasteiger partial charge on any atom is -0.484 e. The van der Waals surface area contributed by atoms with Gasteiger partial charge < -0.3 is 21.5 Å². The monoisotopic (exact) mass is 329 g/mol. The van der Waals surface area contributed by atoms with Crippen molar-refractivity contribution in [3.8, 4) is 5.75 Å². The van der Waals surface area contributed by atoms with Gasteiger partial charge in [-0.2, -0.15) is 0 Å². The molecular weight excluding hydrogens is 306 g/mol. The number of amides is 2. The van der Waals surface area contributed by atoms with Crippen LogP contribution in [0.1, 0.15) is 26.3 Å². The van der Waals surface area contributed by atoms with Gasteiger partial charge >= 0.3 is 0 Å². The Morgan fingerprint density at radius 1 is 1.32 bits per heavy atom. The fourth-order valence-electron chi connectivity index (χ4n) is 1.59. The summed E-state index contributed by atoms with van der Waals surface area (Å²) in [5.74, 6) is -0.212. The summed E-state index contributed by atoms with van der Waals surface area (Å²) < 4.78 is 5.20. The topological polar surface area (TPSA) is 107 Å². The molecule has 2 amide bonds. The largest absolute Gasteiger partial charge is 0.484 e. The van der Waals surface area contributed by atoms with E-state index in [0.29, 0.717) is 12.3 Å². The van der Waals surface area contributed by atoms with Gasteiger partial charge in [-0.05, 0) is 23.1 Å². The Bertz CT molecular complexity index is 515. The number of benzene rings is 1. The first-order valence-corrected chi connectivity index (χ1v) is 6.73. The minimum absolute atomic E-state index is 0. The van der Waals surface area contributed by atoms with Gasteiger partial charge in [-0.3, -0.25) is 9.59 Å². The van der Waals surface area contributed by atoms with E-state index in [4.69, 9.17) is 16.2 Å². The van der Waals surface area contributed by atoms with Crippen LogP contribution in [0.5, 0.6) is 5.75 Å². The number of primary amides is 1. The molecule has 0 spiro atoms. The van der Waals surface area contributed by atoms with Crippen molar-refractivity contribution in [1.29, 1.82) is 0 Å². The first kappa shape index (κ1) is 20.2. The first-order valence-electron chi connectivity index (χ1n) is 6.73. The predicted molar refractivity (Wildman–Crippen MR) is 87.7 cm³/mol. The van der Waals surface area contributed by atoms with Crippen LogP contribution in [-0.4, -0.2) is 24.5 Å². The number of carbonyl (C=O) groups excluding carboxylic acids is 2. The van der Waals surface area contributed by atoms with Gasteiger partial charge in [0, 0.05) is 6.54 Å². The Morgan fingerprint density at radius 2 is 1.95 bits per heavy atom. The molecule has 0 radical (unpaired) electrons. The van der Waals surface area contributed by atoms with Gasteiger partial charge in [-0.25, -0.2) is 0 Å². The van der Waals surface area contributed by atoms with Gasteiger partial charge in [0.1, 0.15) is 5.75 Å². The Hall–Kier alpha value is -1.79. The average molecular weight is 330 g/mol. The number of ether oxygens (including phenoxy) is 1. The molecule has 124 valence electrons. The zero-order valence-corrected chi connectivity index (χ0v) is 13.9. The van der Waals surface area contributed by atoms with E-state index >= 15 is 0 Å². The number of nitrogens with one attached hydrogen (secondary N) is 1. The Kier molecular flexibility index (Phi) is 7.90. The smallest absolute Gasteiger partial charge is 0.255 e. The lowest BCUT2D eigenvalue weighted by atomic mass is 9.87. The third-order valence-corrected chi connectivity index (χ3v) is 2.96. The molecule has 1 rings (SSSR count). The third kappa shape index (κ3) is 6.78. The van der Waals surface area contributed by atoms with Crippen molar-refractivity contribution in [2.75, 3.05) is 6.61 Å². The van der Waals surface area contributed by atoms with Crippen LogP contribution < -0.4 is 21.5 Å². The van der Waals surface area contributed by atoms with Crippen molar-refractivity contribution in [1.82, 2.24) is 5.32 Å². The van der Waals surface area contributed by atoms with E-state index in [-0.39, 0.29) is 30.3 Å². The molecule has 6 nitrogen and oxygen atoms in total. The molecule has 1 aromatic rings. The molecule has 0 aliphatic carbocycles. The van der Waals surface area contributed by atoms with E-state index in [2.05, 4.69) is 5.32 Å². The van der Waals surface area contributed by atoms with Crippen LogP contribution in [0.25, 0.3) is 0 Å². The number of hydrogen-bond donors (Lipinski definition) is 3. The molecule has 1 aromatic carbocycles. The van der Waals surface area contributed by atoms with Crippen LogP contribution in [0.3, 0.4) is 0 Å². The summed E-state index contributed by atoms with van der Waals surface area (Å²) >= 11 is 0. The first-order chi connectivity index (χ1) is 9.70. The number of nitrogens with two attached hydrogens (primary N) is 2. The Balaban J connectivity index is 0.00000441. The highest BCUT2D eigenvalue weighted by Crippen LogP contribution is 2.17. The molecular formula is C15H24ClN3O3. The molecule has 22 heavy (non-hydrogen) atoms. The van der Waals surface area contributed by atoms with Gasteiger partial charge in [-0.1, -0.05) is 32.9 Å². The summed E-state index contributed by atoms with van der Waals surface area (Å²) in [4.78, 5) is 22.6. The van der Waals surface area contributed by atoms with Gasteiger partial charge in [0.2, 0.25) is 5.91 Å². The molecule has 1 atom stereocenters. The summed E-state index contributed by atoms with van der Waals surface area (Å²) in [6.45, 7) is 5.90. The summed E-state index contributed by atoms with van der Waals surface area (Å²) in [5.41, 5.74) is 11.5. The summed E-state index contributed by atoms with van der Waals surface area (Å²) in [6.07, 6.45) is 0. The lowest BCUT2D eigenvalue weighted by molar-refractivity contribution is -0.124. The fourth-order valence-corrected chi connectivity index (χ4v) is 1.59. The van der Waals surface area contributed by atoms with Crippen LogP contribution in [0, 0.1) is 5.41 Å². The van der Waals surface area contributed by atoms with Crippen molar-refractivity contribution in [2.45, 2.75) is 33.4 Å². The van der Waals surface area contributed by atoms with Gasteiger partial charge in [-0.15, -0.1) is 12.4 Å². The van der Waals surface area contributed by atoms with Crippen molar-refractivity contribution in [3.05, 3.63) is 29.8 Å². The zero-order valence-electron chi connectivity index (χ0n) is 13.1. The van der Waals surface area contributed by atoms with E-state index in [9.17, 15) is 9.59 Å². The summed E-state index contributed by atoms with van der Waals surface area (Å²) in [7, 11) is 0. The normalized spacial score (nSPS) is 12.0. The van der Waals surface area contributed by atoms with Crippen LogP contribution >= 0.6 is 12.4 Å². The van der Waals surface area contributed by atoms with Crippen LogP contribution in [0.2, 0.25) is 0 Å². The highest BCUT2D eigenvalue weighted by atomic mass is 35.5. The van der Waals surface area contributed by atoms with Crippen LogP contribution in [0.4, 0.5) is 0 Å². The highest BCUT2D eigenvalue weighted by Gasteiger charge is 2.27. The molecule has 0 fully saturated rings. The number of carbonyl (C=O) groups is 2. The summed E-state index contributed by atoms with van der Waals surface area (Å²) in [6, 6.07) is 6.51. The number of rotatable bonds is 6. The van der Waals surface area contributed by atoms with E-state index in [1.807, 2.05) is 26.8 Å². The molecule has 0 heterocycles. The second-order valence-electron chi connectivity index (χ2n) is 5.96. The van der Waals surface area contributed by atoms with Crippen molar-refractivity contribution in [3.63, 3.8) is 0 Å². The maximum atomic E-state index is 11.9. The number of hydrogen-bond acceptors (Lipinski definition) is 4. The van der Waals surface area contributed by atoms with Crippen molar-refractivity contribution >= 4 is 24.2 Å². The maximum Gasteiger partial charge on any atom is 0.255 e. The lowest BCUT2D eigenvalue weighted by Crippen LogP contribution is -2.48. The Labute approximate surface area is 137 Å². The van der Waals surface area contributed by atoms with E-state index < -0.39 is 11.9 Å². The van der Waals surface area contributed by atoms with Gasteiger partial charge in [0.15, 0.2) is 6.61 Å². The highest BCUT2D eigenvalue weighted by molar-refractivity contribution is 5.85. The molecule has 0 saturated carbocycles. The van der Waals surface area contributed by atoms with E-state index in [1.165, 1.54) is 0 Å². The van der Waals surface area contributed by atoms with Gasteiger partial charge in [0.05, 0.1) is 6.04 Å². The predicted octanol–water partition coefficient (Wildman–Crippen LogP) is 0.962. The summed E-state index contributed by atoms with van der Waals surface area (Å²) in [5, 5.41) is 2.79. The Morgan fingerprint density at radius 3 is 2.50 bits per heavy atom. The average Bonchev–Trinajstić information content (AvgIpc) is 2.41. The quantitative estimate of drug-likeness (QED) is 0.722. The van der Waals surface area contributed by atoms with Gasteiger partial charge in [0.25, 0.3) is 5.91 Å². The van der Waals surface area contributed by atoms with E-state index in [1.54, 1.807) is 18.2 Å². The fraction of sp³-hybridized carbons (Fsp3) is 0.467. The maximum absolute atomic E-state index is 11.9. The molecule has 0 bridgehead atoms. The van der Waals surface area contributed by atoms with Crippen molar-refractivity contribution < 1.29 is 14.3 Å². The standard InChI is InChI=1S/C15H23N3O3.ClH/c1-15(2,3)13(17)14(20)18-8-10-5-4-6-11(7-10)21-9-12(16)19;/h4-7,13H,8-9,17H2,1-3H3,(H2,16,19)(H,18,20);1H/t13-;/m1./s1. The van der Waals surface area contributed by atoms with Crippen LogP contribution in [0.15, 0.2) is 24.3 Å². The molecule has 0 aliphatic heterocycles. The second kappa shape index (κ2) is 8.60. The zero-order chi connectivity index (χ0) is 16.0. The minimum atomic E-state index is -0.577. The molecule has 0 aliphatic rings. The molecule has 0 unspecified atom stereocenters. The third-order valence-electron chi connectivity index (χ3n) is 2.96. The number of halogens is 1. The molecule has 0 aromatic heterocycles. The molecule has 0 saturated heterocycles. The lowest BCUT2D eigenvalue weighted by Gasteiger charge is -2.25. The second-order valence-corrected chi connectivity index (χ2v) is 5.96. The SMILES string of the molecule is CC(C)(C)[C@H](N)C(=O)NCc1cccc(OCC(N)=O)c1.Cl.